The van der Waals surface area contributed by atoms with Crippen molar-refractivity contribution in [2.24, 2.45) is 0 Å². The Balaban J connectivity index is 1.93. The molecule has 3 aromatic rings. The van der Waals surface area contributed by atoms with Crippen LogP contribution < -0.4 is 0 Å². The molecule has 110 valence electrons. The van der Waals surface area contributed by atoms with Crippen molar-refractivity contribution in [1.82, 2.24) is 4.98 Å². The predicted molar refractivity (Wildman–Crippen MR) is 80.9 cm³/mol. The molecule has 0 fully saturated rings. The summed E-state index contributed by atoms with van der Waals surface area (Å²) in [5.74, 6) is -0.847. The summed E-state index contributed by atoms with van der Waals surface area (Å²) in [6.07, 6.45) is 3.16. The SMILES string of the molecule is O=C(O)c1cccc2oc(/C=C/c3csc([N+](=O)[O-])c3)nc12. The lowest BCUT2D eigenvalue weighted by molar-refractivity contribution is -0.380. The van der Waals surface area contributed by atoms with Crippen molar-refractivity contribution in [3.8, 4) is 0 Å². The van der Waals surface area contributed by atoms with Crippen LogP contribution in [0, 0.1) is 10.1 Å². The lowest BCUT2D eigenvalue weighted by atomic mass is 10.2. The highest BCUT2D eigenvalue weighted by Gasteiger charge is 2.13. The zero-order valence-corrected chi connectivity index (χ0v) is 11.7. The zero-order chi connectivity index (χ0) is 15.7. The second kappa shape index (κ2) is 5.41. The van der Waals surface area contributed by atoms with E-state index in [1.54, 1.807) is 23.6 Å². The van der Waals surface area contributed by atoms with Gasteiger partial charge in [-0.1, -0.05) is 17.4 Å². The number of aromatic carboxylic acids is 1. The smallest absolute Gasteiger partial charge is 0.338 e. The van der Waals surface area contributed by atoms with Crippen molar-refractivity contribution < 1.29 is 19.2 Å². The molecule has 0 aliphatic rings. The largest absolute Gasteiger partial charge is 0.478 e. The van der Waals surface area contributed by atoms with Gasteiger partial charge in [-0.05, 0) is 23.8 Å². The summed E-state index contributed by atoms with van der Waals surface area (Å²) >= 11 is 1.03. The van der Waals surface area contributed by atoms with Crippen molar-refractivity contribution in [3.63, 3.8) is 0 Å². The van der Waals surface area contributed by atoms with E-state index in [-0.39, 0.29) is 22.0 Å². The van der Waals surface area contributed by atoms with Gasteiger partial charge in [0.05, 0.1) is 10.5 Å². The van der Waals surface area contributed by atoms with Crippen molar-refractivity contribution in [2.45, 2.75) is 0 Å². The summed E-state index contributed by atoms with van der Waals surface area (Å²) in [6, 6.07) is 6.09. The third kappa shape index (κ3) is 2.59. The summed E-state index contributed by atoms with van der Waals surface area (Å²) in [4.78, 5) is 25.4. The fourth-order valence-corrected chi connectivity index (χ4v) is 2.59. The Labute approximate surface area is 127 Å². The average molecular weight is 316 g/mol. The number of carboxylic acid groups (broad SMARTS) is 1. The summed E-state index contributed by atoms with van der Waals surface area (Å²) < 4.78 is 5.44. The van der Waals surface area contributed by atoms with Gasteiger partial charge in [0, 0.05) is 17.5 Å². The minimum absolute atomic E-state index is 0.0466. The van der Waals surface area contributed by atoms with E-state index in [4.69, 9.17) is 9.52 Å². The molecule has 0 saturated carbocycles. The van der Waals surface area contributed by atoms with Gasteiger partial charge in [-0.15, -0.1) is 0 Å². The van der Waals surface area contributed by atoms with Crippen LogP contribution in [0.4, 0.5) is 5.00 Å². The highest BCUT2D eigenvalue weighted by atomic mass is 32.1. The Morgan fingerprint density at radius 1 is 1.41 bits per heavy atom. The molecule has 1 aromatic carbocycles. The molecule has 8 heteroatoms. The molecule has 0 saturated heterocycles. The van der Waals surface area contributed by atoms with E-state index in [9.17, 15) is 14.9 Å². The molecule has 0 aliphatic carbocycles. The predicted octanol–water partition coefficient (Wildman–Crippen LogP) is 3.67. The van der Waals surface area contributed by atoms with Crippen LogP contribution in [0.25, 0.3) is 23.3 Å². The van der Waals surface area contributed by atoms with E-state index < -0.39 is 10.9 Å². The van der Waals surface area contributed by atoms with Crippen LogP contribution in [0.1, 0.15) is 21.8 Å². The van der Waals surface area contributed by atoms with Crippen LogP contribution in [-0.4, -0.2) is 21.0 Å². The molecule has 0 aliphatic heterocycles. The highest BCUT2D eigenvalue weighted by Crippen LogP contribution is 2.25. The molecule has 0 unspecified atom stereocenters. The Hall–Kier alpha value is -3.00. The maximum Gasteiger partial charge on any atom is 0.338 e. The van der Waals surface area contributed by atoms with E-state index in [1.165, 1.54) is 18.2 Å². The van der Waals surface area contributed by atoms with Gasteiger partial charge in [0.15, 0.2) is 5.58 Å². The molecule has 0 bridgehead atoms. The molecular formula is C14H8N2O5S. The number of thiophene rings is 1. The number of oxazole rings is 1. The number of nitro groups is 1. The first-order chi connectivity index (χ1) is 10.5. The third-order valence-corrected chi connectivity index (χ3v) is 3.77. The van der Waals surface area contributed by atoms with Gasteiger partial charge in [-0.3, -0.25) is 10.1 Å². The van der Waals surface area contributed by atoms with Crippen LogP contribution in [0.5, 0.6) is 0 Å². The number of rotatable bonds is 4. The molecule has 22 heavy (non-hydrogen) atoms. The number of para-hydroxylation sites is 1. The van der Waals surface area contributed by atoms with E-state index >= 15 is 0 Å². The van der Waals surface area contributed by atoms with Gasteiger partial charge in [0.2, 0.25) is 5.89 Å². The number of fused-ring (bicyclic) bond motifs is 1. The second-order valence-corrected chi connectivity index (χ2v) is 5.21. The summed E-state index contributed by atoms with van der Waals surface area (Å²) in [6.45, 7) is 0. The number of nitrogens with zero attached hydrogens (tertiary/aromatic N) is 2. The Morgan fingerprint density at radius 3 is 2.91 bits per heavy atom. The number of benzene rings is 1. The van der Waals surface area contributed by atoms with Crippen LogP contribution in [0.15, 0.2) is 34.1 Å². The van der Waals surface area contributed by atoms with E-state index in [2.05, 4.69) is 4.98 Å². The van der Waals surface area contributed by atoms with E-state index in [0.29, 0.717) is 11.1 Å². The first kappa shape index (κ1) is 14.0. The number of carboxylic acids is 1. The molecule has 0 spiro atoms. The van der Waals surface area contributed by atoms with Crippen LogP contribution >= 0.6 is 11.3 Å². The normalized spacial score (nSPS) is 11.3. The van der Waals surface area contributed by atoms with E-state index in [1.807, 2.05) is 0 Å². The molecule has 0 radical (unpaired) electrons. The number of carbonyl (C=O) groups is 1. The third-order valence-electron chi connectivity index (χ3n) is 2.87. The van der Waals surface area contributed by atoms with Gasteiger partial charge >= 0.3 is 11.0 Å². The van der Waals surface area contributed by atoms with Gasteiger partial charge in [0.1, 0.15) is 5.52 Å². The van der Waals surface area contributed by atoms with E-state index in [0.717, 1.165) is 11.3 Å². The Kier molecular flexibility index (Phi) is 3.43. The number of hydrogen-bond donors (Lipinski definition) is 1. The van der Waals surface area contributed by atoms with Gasteiger partial charge in [0.25, 0.3) is 0 Å². The second-order valence-electron chi connectivity index (χ2n) is 4.32. The number of aromatic nitrogens is 1. The van der Waals surface area contributed by atoms with Crippen molar-refractivity contribution in [1.29, 1.82) is 0 Å². The first-order valence-corrected chi connectivity index (χ1v) is 6.96. The van der Waals surface area contributed by atoms with Crippen LogP contribution in [0.2, 0.25) is 0 Å². The van der Waals surface area contributed by atoms with Crippen molar-refractivity contribution in [3.05, 3.63) is 56.8 Å². The minimum atomic E-state index is -1.08. The fraction of sp³-hybridized carbons (Fsp3) is 0. The summed E-state index contributed by atoms with van der Waals surface area (Å²) in [5, 5.41) is 21.4. The van der Waals surface area contributed by atoms with Gasteiger partial charge < -0.3 is 9.52 Å². The molecular weight excluding hydrogens is 308 g/mol. The van der Waals surface area contributed by atoms with Crippen molar-refractivity contribution >= 4 is 45.6 Å². The molecule has 7 nitrogen and oxygen atoms in total. The van der Waals surface area contributed by atoms with Crippen LogP contribution in [-0.2, 0) is 0 Å². The molecule has 3 rings (SSSR count). The molecule has 0 atom stereocenters. The lowest BCUT2D eigenvalue weighted by Gasteiger charge is -1.92. The maximum absolute atomic E-state index is 11.1. The minimum Gasteiger partial charge on any atom is -0.478 e. The molecule has 0 amide bonds. The molecule has 2 aromatic heterocycles. The Bertz CT molecular complexity index is 909. The Morgan fingerprint density at radius 2 is 2.23 bits per heavy atom. The highest BCUT2D eigenvalue weighted by molar-refractivity contribution is 7.13. The number of hydrogen-bond acceptors (Lipinski definition) is 6. The quantitative estimate of drug-likeness (QED) is 0.581. The fourth-order valence-electron chi connectivity index (χ4n) is 1.90. The summed E-state index contributed by atoms with van der Waals surface area (Å²) in [7, 11) is 0. The first-order valence-electron chi connectivity index (χ1n) is 6.08. The van der Waals surface area contributed by atoms with Crippen molar-refractivity contribution in [2.75, 3.05) is 0 Å². The van der Waals surface area contributed by atoms with Crippen LogP contribution in [0.3, 0.4) is 0 Å². The monoisotopic (exact) mass is 316 g/mol. The molecule has 2 heterocycles. The topological polar surface area (TPSA) is 106 Å². The zero-order valence-electron chi connectivity index (χ0n) is 10.9. The summed E-state index contributed by atoms with van der Waals surface area (Å²) in [5.41, 5.74) is 1.35. The maximum atomic E-state index is 11.1. The van der Waals surface area contributed by atoms with Gasteiger partial charge in [-0.2, -0.15) is 0 Å². The average Bonchev–Trinajstić information content (AvgIpc) is 3.10. The standard InChI is InChI=1S/C14H8N2O5S/c17-14(18)9-2-1-3-10-13(9)15-11(21-10)5-4-8-6-12(16(19)20)22-7-8/h1-7H,(H,17,18)/b5-4+. The molecule has 1 N–H and O–H groups in total. The van der Waals surface area contributed by atoms with Gasteiger partial charge in [-0.25, -0.2) is 9.78 Å². The lowest BCUT2D eigenvalue weighted by Crippen LogP contribution is -1.96.